The molecule has 0 radical (unpaired) electrons. The van der Waals surface area contributed by atoms with Crippen LogP contribution in [0, 0.1) is 11.6 Å². The second-order valence-corrected chi connectivity index (χ2v) is 5.62. The fourth-order valence-electron chi connectivity index (χ4n) is 2.86. The van der Waals surface area contributed by atoms with Crippen LogP contribution in [-0.2, 0) is 0 Å². The van der Waals surface area contributed by atoms with Gasteiger partial charge in [-0.3, -0.25) is 9.88 Å². The molecule has 1 aliphatic heterocycles. The Labute approximate surface area is 133 Å². The lowest BCUT2D eigenvalue weighted by molar-refractivity contribution is 0.113. The van der Waals surface area contributed by atoms with Gasteiger partial charge in [0.05, 0.1) is 17.4 Å². The molecule has 0 saturated heterocycles. The topological polar surface area (TPSA) is 36.4 Å². The zero-order valence-corrected chi connectivity index (χ0v) is 12.6. The van der Waals surface area contributed by atoms with E-state index in [4.69, 9.17) is 0 Å². The summed E-state index contributed by atoms with van der Waals surface area (Å²) in [6.45, 7) is 1.52. The number of β-amino-alcohol motifs (C(OH)–C–C–N with tert-alkyl or cyclic N) is 1. The molecule has 1 N–H and O–H groups in total. The van der Waals surface area contributed by atoms with Crippen molar-refractivity contribution >= 4 is 5.57 Å². The lowest BCUT2D eigenvalue weighted by Gasteiger charge is -2.29. The summed E-state index contributed by atoms with van der Waals surface area (Å²) in [6.07, 6.45) is 3.48. The van der Waals surface area contributed by atoms with Gasteiger partial charge in [-0.2, -0.15) is 0 Å². The zero-order valence-electron chi connectivity index (χ0n) is 12.6. The normalized spacial score (nSPS) is 16.9. The first-order chi connectivity index (χ1) is 11.1. The fraction of sp³-hybridized carbons (Fsp3) is 0.278. The Bertz CT molecular complexity index is 683. The van der Waals surface area contributed by atoms with Crippen LogP contribution < -0.4 is 0 Å². The number of pyridine rings is 1. The SMILES string of the molecule is OC(CN1CCC=C(c2ccccn2)C1)c1c(F)cccc1F. The van der Waals surface area contributed by atoms with E-state index in [9.17, 15) is 13.9 Å². The van der Waals surface area contributed by atoms with Crippen LogP contribution in [0.3, 0.4) is 0 Å². The molecular weight excluding hydrogens is 298 g/mol. The summed E-state index contributed by atoms with van der Waals surface area (Å²) in [6, 6.07) is 9.33. The summed E-state index contributed by atoms with van der Waals surface area (Å²) in [4.78, 5) is 6.31. The quantitative estimate of drug-likeness (QED) is 0.941. The first-order valence-corrected chi connectivity index (χ1v) is 7.60. The second kappa shape index (κ2) is 6.98. The van der Waals surface area contributed by atoms with E-state index in [0.717, 1.165) is 36.4 Å². The summed E-state index contributed by atoms with van der Waals surface area (Å²) < 4.78 is 27.5. The van der Waals surface area contributed by atoms with E-state index >= 15 is 0 Å². The van der Waals surface area contributed by atoms with Crippen molar-refractivity contribution in [1.82, 2.24) is 9.88 Å². The highest BCUT2D eigenvalue weighted by Gasteiger charge is 2.22. The summed E-state index contributed by atoms with van der Waals surface area (Å²) >= 11 is 0. The van der Waals surface area contributed by atoms with Gasteiger partial charge in [-0.25, -0.2) is 8.78 Å². The van der Waals surface area contributed by atoms with E-state index in [2.05, 4.69) is 11.1 Å². The number of aromatic nitrogens is 1. The van der Waals surface area contributed by atoms with Crippen LogP contribution in [0.2, 0.25) is 0 Å². The average Bonchev–Trinajstić information content (AvgIpc) is 2.56. The second-order valence-electron chi connectivity index (χ2n) is 5.62. The van der Waals surface area contributed by atoms with Gasteiger partial charge in [0.1, 0.15) is 11.6 Å². The number of benzene rings is 1. The lowest BCUT2D eigenvalue weighted by Crippen LogP contribution is -2.34. The molecule has 0 amide bonds. The van der Waals surface area contributed by atoms with Crippen LogP contribution in [0.1, 0.15) is 23.8 Å². The first kappa shape index (κ1) is 15.8. The highest BCUT2D eigenvalue weighted by atomic mass is 19.1. The van der Waals surface area contributed by atoms with Crippen LogP contribution in [0.4, 0.5) is 8.78 Å². The number of hydrogen-bond acceptors (Lipinski definition) is 3. The van der Waals surface area contributed by atoms with E-state index in [1.807, 2.05) is 23.1 Å². The van der Waals surface area contributed by atoms with Gasteiger partial charge in [0.15, 0.2) is 0 Å². The Hall–Kier alpha value is -2.11. The summed E-state index contributed by atoms with van der Waals surface area (Å²) in [5.41, 5.74) is 1.70. The summed E-state index contributed by atoms with van der Waals surface area (Å²) in [7, 11) is 0. The third kappa shape index (κ3) is 3.63. The summed E-state index contributed by atoms with van der Waals surface area (Å²) in [5.74, 6) is -1.43. The van der Waals surface area contributed by atoms with Gasteiger partial charge in [-0.05, 0) is 36.3 Å². The van der Waals surface area contributed by atoms with Gasteiger partial charge in [-0.15, -0.1) is 0 Å². The van der Waals surface area contributed by atoms with Crippen molar-refractivity contribution in [1.29, 1.82) is 0 Å². The van der Waals surface area contributed by atoms with Crippen molar-refractivity contribution in [2.45, 2.75) is 12.5 Å². The highest BCUT2D eigenvalue weighted by Crippen LogP contribution is 2.24. The van der Waals surface area contributed by atoms with Crippen molar-refractivity contribution < 1.29 is 13.9 Å². The van der Waals surface area contributed by atoms with Gasteiger partial charge in [0, 0.05) is 25.8 Å². The van der Waals surface area contributed by atoms with Crippen molar-refractivity contribution in [3.8, 4) is 0 Å². The number of aliphatic hydroxyl groups excluding tert-OH is 1. The number of halogens is 2. The van der Waals surface area contributed by atoms with Crippen LogP contribution in [-0.4, -0.2) is 34.6 Å². The number of hydrogen-bond donors (Lipinski definition) is 1. The van der Waals surface area contributed by atoms with Gasteiger partial charge in [0.2, 0.25) is 0 Å². The summed E-state index contributed by atoms with van der Waals surface area (Å²) in [5, 5.41) is 10.2. The van der Waals surface area contributed by atoms with Crippen LogP contribution >= 0.6 is 0 Å². The first-order valence-electron chi connectivity index (χ1n) is 7.60. The predicted molar refractivity (Wildman–Crippen MR) is 84.6 cm³/mol. The molecule has 5 heteroatoms. The third-order valence-electron chi connectivity index (χ3n) is 3.99. The van der Waals surface area contributed by atoms with E-state index in [1.165, 1.54) is 6.07 Å². The maximum atomic E-state index is 13.8. The smallest absolute Gasteiger partial charge is 0.131 e. The average molecular weight is 316 g/mol. The molecule has 3 rings (SSSR count). The minimum atomic E-state index is -1.20. The molecule has 1 atom stereocenters. The molecule has 1 aliphatic rings. The molecule has 1 aromatic carbocycles. The molecule has 2 heterocycles. The van der Waals surface area contributed by atoms with Crippen molar-refractivity contribution in [3.63, 3.8) is 0 Å². The molecule has 0 bridgehead atoms. The van der Waals surface area contributed by atoms with Crippen LogP contribution in [0.15, 0.2) is 48.7 Å². The highest BCUT2D eigenvalue weighted by molar-refractivity contribution is 5.64. The molecule has 2 aromatic rings. The van der Waals surface area contributed by atoms with Crippen LogP contribution in [0.5, 0.6) is 0 Å². The van der Waals surface area contributed by atoms with Gasteiger partial charge in [0.25, 0.3) is 0 Å². The molecule has 0 aliphatic carbocycles. The van der Waals surface area contributed by atoms with Crippen LogP contribution in [0.25, 0.3) is 5.57 Å². The van der Waals surface area contributed by atoms with E-state index < -0.39 is 17.7 Å². The van der Waals surface area contributed by atoms with Gasteiger partial charge in [-0.1, -0.05) is 18.2 Å². The van der Waals surface area contributed by atoms with Crippen molar-refractivity contribution in [3.05, 3.63) is 71.6 Å². The van der Waals surface area contributed by atoms with Crippen molar-refractivity contribution in [2.24, 2.45) is 0 Å². The molecule has 0 saturated carbocycles. The molecule has 1 aromatic heterocycles. The molecule has 1 unspecified atom stereocenters. The predicted octanol–water partition coefficient (Wildman–Crippen LogP) is 3.18. The Balaban J connectivity index is 1.71. The van der Waals surface area contributed by atoms with E-state index in [1.54, 1.807) is 6.20 Å². The molecule has 3 nitrogen and oxygen atoms in total. The van der Waals surface area contributed by atoms with Gasteiger partial charge >= 0.3 is 0 Å². The largest absolute Gasteiger partial charge is 0.387 e. The molecule has 120 valence electrons. The van der Waals surface area contributed by atoms with Gasteiger partial charge < -0.3 is 5.11 Å². The lowest BCUT2D eigenvalue weighted by atomic mass is 10.0. The minimum Gasteiger partial charge on any atom is -0.387 e. The Morgan fingerprint density at radius 1 is 1.13 bits per heavy atom. The molecule has 0 spiro atoms. The maximum absolute atomic E-state index is 13.8. The number of aliphatic hydroxyl groups is 1. The fourth-order valence-corrected chi connectivity index (χ4v) is 2.86. The molecule has 0 fully saturated rings. The standard InChI is InChI=1S/C18H18F2N2O/c19-14-6-3-7-15(20)18(14)17(23)12-22-10-4-5-13(11-22)16-8-1-2-9-21-16/h1-3,5-9,17,23H,4,10-12H2. The zero-order chi connectivity index (χ0) is 16.2. The maximum Gasteiger partial charge on any atom is 0.131 e. The molecular formula is C18H18F2N2O. The Kier molecular flexibility index (Phi) is 4.79. The van der Waals surface area contributed by atoms with E-state index in [-0.39, 0.29) is 12.1 Å². The number of rotatable bonds is 4. The minimum absolute atomic E-state index is 0.183. The van der Waals surface area contributed by atoms with Crippen molar-refractivity contribution in [2.75, 3.05) is 19.6 Å². The third-order valence-corrected chi connectivity index (χ3v) is 3.99. The Morgan fingerprint density at radius 3 is 2.61 bits per heavy atom. The van der Waals surface area contributed by atoms with E-state index in [0.29, 0.717) is 6.54 Å². The monoisotopic (exact) mass is 316 g/mol. The Morgan fingerprint density at radius 2 is 1.91 bits per heavy atom. The number of nitrogens with zero attached hydrogens (tertiary/aromatic N) is 2. The molecule has 23 heavy (non-hydrogen) atoms.